The Bertz CT molecular complexity index is 433. The van der Waals surface area contributed by atoms with E-state index >= 15 is 0 Å². The Hall–Kier alpha value is -1.75. The molecule has 1 fully saturated rings. The zero-order chi connectivity index (χ0) is 14.4. The van der Waals surface area contributed by atoms with Gasteiger partial charge in [-0.2, -0.15) is 0 Å². The molecule has 2 amide bonds. The van der Waals surface area contributed by atoms with Gasteiger partial charge in [0.2, 0.25) is 0 Å². The van der Waals surface area contributed by atoms with Gasteiger partial charge < -0.3 is 20.3 Å². The van der Waals surface area contributed by atoms with Gasteiger partial charge in [0.05, 0.1) is 6.10 Å². The van der Waals surface area contributed by atoms with Gasteiger partial charge in [-0.3, -0.25) is 0 Å². The van der Waals surface area contributed by atoms with Crippen LogP contribution in [0.15, 0.2) is 24.3 Å². The number of ether oxygens (including phenoxy) is 1. The minimum atomic E-state index is -0.153. The predicted octanol–water partition coefficient (Wildman–Crippen LogP) is 2.44. The molecule has 1 heterocycles. The smallest absolute Gasteiger partial charge is 0.319 e. The molecule has 1 aliphatic heterocycles. The highest BCUT2D eigenvalue weighted by Crippen LogP contribution is 2.23. The van der Waals surface area contributed by atoms with E-state index in [1.165, 1.54) is 5.69 Å². The molecule has 1 aromatic rings. The minimum absolute atomic E-state index is 0.153. The highest BCUT2D eigenvalue weighted by Gasteiger charge is 2.21. The second kappa shape index (κ2) is 7.14. The molecular weight excluding hydrogens is 254 g/mol. The van der Waals surface area contributed by atoms with Crippen LogP contribution in [0.2, 0.25) is 0 Å². The normalized spacial score (nSPS) is 18.1. The summed E-state index contributed by atoms with van der Waals surface area (Å²) in [6, 6.07) is 7.78. The molecule has 1 unspecified atom stereocenters. The van der Waals surface area contributed by atoms with Gasteiger partial charge in [0.25, 0.3) is 0 Å². The summed E-state index contributed by atoms with van der Waals surface area (Å²) in [7, 11) is 1.76. The summed E-state index contributed by atoms with van der Waals surface area (Å²) in [5.74, 6) is 0. The maximum absolute atomic E-state index is 11.5. The second-order valence-electron chi connectivity index (χ2n) is 5.02. The van der Waals surface area contributed by atoms with E-state index in [0.717, 1.165) is 31.6 Å². The quantitative estimate of drug-likeness (QED) is 0.869. The number of hydrogen-bond acceptors (Lipinski definition) is 3. The van der Waals surface area contributed by atoms with Crippen molar-refractivity contribution in [2.75, 3.05) is 37.0 Å². The first-order chi connectivity index (χ1) is 9.72. The van der Waals surface area contributed by atoms with Gasteiger partial charge in [0.15, 0.2) is 0 Å². The highest BCUT2D eigenvalue weighted by atomic mass is 16.5. The van der Waals surface area contributed by atoms with E-state index in [-0.39, 0.29) is 6.03 Å². The third-order valence-corrected chi connectivity index (χ3v) is 3.50. The van der Waals surface area contributed by atoms with Gasteiger partial charge in [0.1, 0.15) is 0 Å². The summed E-state index contributed by atoms with van der Waals surface area (Å²) >= 11 is 0. The molecule has 0 aliphatic carbocycles. The van der Waals surface area contributed by atoms with E-state index in [2.05, 4.69) is 15.5 Å². The van der Waals surface area contributed by atoms with Gasteiger partial charge in [0, 0.05) is 38.1 Å². The first-order valence-corrected chi connectivity index (χ1v) is 7.15. The molecule has 0 saturated carbocycles. The first-order valence-electron chi connectivity index (χ1n) is 7.15. The van der Waals surface area contributed by atoms with E-state index in [1.54, 1.807) is 7.11 Å². The third-order valence-electron chi connectivity index (χ3n) is 3.50. The number of nitrogens with one attached hydrogen (secondary N) is 2. The van der Waals surface area contributed by atoms with Gasteiger partial charge in [-0.25, -0.2) is 4.79 Å². The van der Waals surface area contributed by atoms with Crippen LogP contribution >= 0.6 is 0 Å². The molecule has 1 atom stereocenters. The maximum Gasteiger partial charge on any atom is 0.319 e. The summed E-state index contributed by atoms with van der Waals surface area (Å²) in [6.07, 6.45) is 2.32. The first kappa shape index (κ1) is 14.7. The Morgan fingerprint density at radius 2 is 2.15 bits per heavy atom. The molecule has 1 aromatic carbocycles. The highest BCUT2D eigenvalue weighted by molar-refractivity contribution is 5.89. The van der Waals surface area contributed by atoms with Crippen molar-refractivity contribution in [2.45, 2.75) is 25.9 Å². The number of anilines is 2. The predicted molar refractivity (Wildman–Crippen MR) is 81.4 cm³/mol. The summed E-state index contributed by atoms with van der Waals surface area (Å²) in [4.78, 5) is 13.8. The molecule has 2 rings (SSSR count). The van der Waals surface area contributed by atoms with Gasteiger partial charge >= 0.3 is 6.03 Å². The van der Waals surface area contributed by atoms with Crippen LogP contribution < -0.4 is 15.5 Å². The molecule has 0 spiro atoms. The zero-order valence-electron chi connectivity index (χ0n) is 12.2. The number of rotatable bonds is 5. The van der Waals surface area contributed by atoms with E-state index in [1.807, 2.05) is 31.2 Å². The average molecular weight is 277 g/mol. The van der Waals surface area contributed by atoms with Crippen LogP contribution in [0.1, 0.15) is 19.8 Å². The number of carbonyl (C=O) groups excluding carboxylic acids is 1. The van der Waals surface area contributed by atoms with Crippen molar-refractivity contribution in [1.29, 1.82) is 0 Å². The van der Waals surface area contributed by atoms with Crippen LogP contribution in [-0.2, 0) is 4.74 Å². The molecule has 5 heteroatoms. The van der Waals surface area contributed by atoms with Crippen molar-refractivity contribution >= 4 is 17.4 Å². The van der Waals surface area contributed by atoms with Crippen LogP contribution in [0.3, 0.4) is 0 Å². The summed E-state index contributed by atoms with van der Waals surface area (Å²) in [5, 5.41) is 5.61. The van der Waals surface area contributed by atoms with Crippen LogP contribution in [0, 0.1) is 0 Å². The standard InChI is InChI=1S/C15H23N3O2/c1-3-9-16-15(19)17-12-4-6-13(7-5-12)18-10-8-14(11-18)20-2/h4-7,14H,3,8-11H2,1-2H3,(H2,16,17,19). The SMILES string of the molecule is CCCNC(=O)Nc1ccc(N2CCC(OC)C2)cc1. The molecule has 2 N–H and O–H groups in total. The van der Waals surface area contributed by atoms with E-state index in [0.29, 0.717) is 12.6 Å². The van der Waals surface area contributed by atoms with E-state index in [4.69, 9.17) is 4.74 Å². The zero-order valence-corrected chi connectivity index (χ0v) is 12.2. The van der Waals surface area contributed by atoms with Gasteiger partial charge in [-0.1, -0.05) is 6.92 Å². The lowest BCUT2D eigenvalue weighted by Gasteiger charge is -2.18. The monoisotopic (exact) mass is 277 g/mol. The molecule has 0 aromatic heterocycles. The molecule has 1 aliphatic rings. The Morgan fingerprint density at radius 1 is 1.40 bits per heavy atom. The molecular formula is C15H23N3O2. The molecule has 5 nitrogen and oxygen atoms in total. The number of benzene rings is 1. The number of hydrogen-bond donors (Lipinski definition) is 2. The second-order valence-corrected chi connectivity index (χ2v) is 5.02. The summed E-state index contributed by atoms with van der Waals surface area (Å²) in [6.45, 7) is 4.66. The van der Waals surface area contributed by atoms with Crippen molar-refractivity contribution in [3.05, 3.63) is 24.3 Å². The number of nitrogens with zero attached hydrogens (tertiary/aromatic N) is 1. The van der Waals surface area contributed by atoms with Crippen molar-refractivity contribution in [3.63, 3.8) is 0 Å². The fraction of sp³-hybridized carbons (Fsp3) is 0.533. The minimum Gasteiger partial charge on any atom is -0.380 e. The van der Waals surface area contributed by atoms with Crippen LogP contribution in [0.4, 0.5) is 16.2 Å². The van der Waals surface area contributed by atoms with Crippen molar-refractivity contribution in [1.82, 2.24) is 5.32 Å². The third kappa shape index (κ3) is 3.87. The van der Waals surface area contributed by atoms with Gasteiger partial charge in [-0.15, -0.1) is 0 Å². The van der Waals surface area contributed by atoms with Crippen molar-refractivity contribution in [3.8, 4) is 0 Å². The average Bonchev–Trinajstić information content (AvgIpc) is 2.95. The number of methoxy groups -OCH3 is 1. The molecule has 20 heavy (non-hydrogen) atoms. The van der Waals surface area contributed by atoms with Gasteiger partial charge in [-0.05, 0) is 37.1 Å². The van der Waals surface area contributed by atoms with E-state index in [9.17, 15) is 4.79 Å². The summed E-state index contributed by atoms with van der Waals surface area (Å²) in [5.41, 5.74) is 1.98. The maximum atomic E-state index is 11.5. The Kier molecular flexibility index (Phi) is 5.24. The lowest BCUT2D eigenvalue weighted by atomic mass is 10.2. The van der Waals surface area contributed by atoms with Crippen LogP contribution in [-0.4, -0.2) is 38.9 Å². The number of urea groups is 1. The fourth-order valence-electron chi connectivity index (χ4n) is 2.32. The lowest BCUT2D eigenvalue weighted by Crippen LogP contribution is -2.29. The lowest BCUT2D eigenvalue weighted by molar-refractivity contribution is 0.121. The Balaban J connectivity index is 1.88. The molecule has 110 valence electrons. The topological polar surface area (TPSA) is 53.6 Å². The van der Waals surface area contributed by atoms with Crippen LogP contribution in [0.5, 0.6) is 0 Å². The summed E-state index contributed by atoms with van der Waals surface area (Å²) < 4.78 is 5.37. The number of carbonyl (C=O) groups is 1. The van der Waals surface area contributed by atoms with Crippen LogP contribution in [0.25, 0.3) is 0 Å². The molecule has 0 radical (unpaired) electrons. The largest absolute Gasteiger partial charge is 0.380 e. The molecule has 0 bridgehead atoms. The Morgan fingerprint density at radius 3 is 2.75 bits per heavy atom. The number of amides is 2. The van der Waals surface area contributed by atoms with E-state index < -0.39 is 0 Å². The molecule has 1 saturated heterocycles. The Labute approximate surface area is 120 Å². The van der Waals surface area contributed by atoms with Crippen molar-refractivity contribution in [2.24, 2.45) is 0 Å². The van der Waals surface area contributed by atoms with Crippen molar-refractivity contribution < 1.29 is 9.53 Å². The fourth-order valence-corrected chi connectivity index (χ4v) is 2.32.